The second-order valence-electron chi connectivity index (χ2n) is 3.82. The largest absolute Gasteiger partial charge is 0.385 e. The summed E-state index contributed by atoms with van der Waals surface area (Å²) in [5.41, 5.74) is 7.28. The van der Waals surface area contributed by atoms with E-state index in [1.807, 2.05) is 6.92 Å². The van der Waals surface area contributed by atoms with E-state index in [-0.39, 0.29) is 0 Å². The second kappa shape index (κ2) is 5.32. The Morgan fingerprint density at radius 1 is 1.38 bits per heavy atom. The maximum absolute atomic E-state index is 11.4. The molecule has 0 heterocycles. The van der Waals surface area contributed by atoms with Crippen LogP contribution >= 0.6 is 0 Å². The van der Waals surface area contributed by atoms with Gasteiger partial charge >= 0.3 is 0 Å². The lowest BCUT2D eigenvalue weighted by Gasteiger charge is -2.10. The summed E-state index contributed by atoms with van der Waals surface area (Å²) in [7, 11) is -3.14. The molecule has 0 atom stereocenters. The Morgan fingerprint density at radius 2 is 2.06 bits per heavy atom. The van der Waals surface area contributed by atoms with Crippen LogP contribution in [0.25, 0.3) is 0 Å². The highest BCUT2D eigenvalue weighted by molar-refractivity contribution is 7.90. The first-order valence-corrected chi connectivity index (χ1v) is 7.09. The average molecular weight is 242 g/mol. The van der Waals surface area contributed by atoms with Crippen molar-refractivity contribution in [3.63, 3.8) is 0 Å². The minimum absolute atomic E-state index is 0.341. The molecule has 0 aliphatic heterocycles. The van der Waals surface area contributed by atoms with Gasteiger partial charge < -0.3 is 11.1 Å². The van der Waals surface area contributed by atoms with Crippen LogP contribution in [0.15, 0.2) is 23.1 Å². The molecule has 0 fully saturated rings. The molecule has 0 radical (unpaired) electrons. The molecule has 1 aromatic rings. The van der Waals surface area contributed by atoms with Crippen LogP contribution in [0.5, 0.6) is 0 Å². The number of nitrogens with two attached hydrogens (primary N) is 1. The number of rotatable bonds is 5. The zero-order valence-electron chi connectivity index (χ0n) is 9.66. The molecular weight excluding hydrogens is 224 g/mol. The molecule has 0 aromatic heterocycles. The smallest absolute Gasteiger partial charge is 0.175 e. The Kier molecular flexibility index (Phi) is 4.32. The van der Waals surface area contributed by atoms with Gasteiger partial charge in [-0.05, 0) is 37.6 Å². The number of aryl methyl sites for hydroxylation is 1. The van der Waals surface area contributed by atoms with Crippen LogP contribution in [0.1, 0.15) is 12.0 Å². The Labute approximate surface area is 96.8 Å². The molecule has 3 N–H and O–H groups in total. The van der Waals surface area contributed by atoms with Crippen molar-refractivity contribution in [3.8, 4) is 0 Å². The van der Waals surface area contributed by atoms with Crippen LogP contribution in [0, 0.1) is 6.92 Å². The van der Waals surface area contributed by atoms with E-state index in [1.54, 1.807) is 18.2 Å². The summed E-state index contributed by atoms with van der Waals surface area (Å²) in [4.78, 5) is 0.341. The van der Waals surface area contributed by atoms with Crippen LogP contribution in [0.3, 0.4) is 0 Å². The van der Waals surface area contributed by atoms with Gasteiger partial charge in [0.05, 0.1) is 4.90 Å². The monoisotopic (exact) mass is 242 g/mol. The van der Waals surface area contributed by atoms with Gasteiger partial charge in [-0.2, -0.15) is 0 Å². The predicted molar refractivity (Wildman–Crippen MR) is 66.4 cm³/mol. The number of hydrogen-bond donors (Lipinski definition) is 2. The van der Waals surface area contributed by atoms with Crippen molar-refractivity contribution >= 4 is 15.5 Å². The summed E-state index contributed by atoms with van der Waals surface area (Å²) in [5, 5.41) is 3.18. The molecular formula is C11H18N2O2S. The highest BCUT2D eigenvalue weighted by atomic mass is 32.2. The van der Waals surface area contributed by atoms with Crippen LogP contribution < -0.4 is 11.1 Å². The number of benzene rings is 1. The van der Waals surface area contributed by atoms with Gasteiger partial charge in [-0.25, -0.2) is 8.42 Å². The van der Waals surface area contributed by atoms with Crippen molar-refractivity contribution in [3.05, 3.63) is 23.8 Å². The van der Waals surface area contributed by atoms with Gasteiger partial charge in [0.15, 0.2) is 9.84 Å². The van der Waals surface area contributed by atoms with Crippen LogP contribution in [-0.4, -0.2) is 27.8 Å². The SMILES string of the molecule is Cc1ccc(S(C)(=O)=O)cc1NCCCN. The third-order valence-corrected chi connectivity index (χ3v) is 3.44. The molecule has 1 aromatic carbocycles. The first-order chi connectivity index (χ1) is 7.45. The third kappa shape index (κ3) is 3.50. The molecule has 0 aliphatic carbocycles. The minimum atomic E-state index is -3.14. The molecule has 0 saturated heterocycles. The van der Waals surface area contributed by atoms with Crippen molar-refractivity contribution in [2.24, 2.45) is 5.73 Å². The second-order valence-corrected chi connectivity index (χ2v) is 5.83. The minimum Gasteiger partial charge on any atom is -0.385 e. The van der Waals surface area contributed by atoms with E-state index >= 15 is 0 Å². The quantitative estimate of drug-likeness (QED) is 0.760. The lowest BCUT2D eigenvalue weighted by atomic mass is 10.2. The van der Waals surface area contributed by atoms with E-state index in [2.05, 4.69) is 5.32 Å². The average Bonchev–Trinajstić information content (AvgIpc) is 2.19. The van der Waals surface area contributed by atoms with Gasteiger partial charge in [-0.3, -0.25) is 0 Å². The van der Waals surface area contributed by atoms with Crippen molar-refractivity contribution in [2.45, 2.75) is 18.2 Å². The first-order valence-electron chi connectivity index (χ1n) is 5.20. The molecule has 16 heavy (non-hydrogen) atoms. The van der Waals surface area contributed by atoms with Gasteiger partial charge in [0.1, 0.15) is 0 Å². The van der Waals surface area contributed by atoms with Crippen LogP contribution in [-0.2, 0) is 9.84 Å². The highest BCUT2D eigenvalue weighted by Gasteiger charge is 2.08. The summed E-state index contributed by atoms with van der Waals surface area (Å²) >= 11 is 0. The molecule has 4 nitrogen and oxygen atoms in total. The lowest BCUT2D eigenvalue weighted by molar-refractivity contribution is 0.602. The van der Waals surface area contributed by atoms with Crippen molar-refractivity contribution in [1.29, 1.82) is 0 Å². The summed E-state index contributed by atoms with van der Waals surface area (Å²) in [6.07, 6.45) is 2.07. The third-order valence-electron chi connectivity index (χ3n) is 2.33. The van der Waals surface area contributed by atoms with E-state index in [0.717, 1.165) is 24.2 Å². The molecule has 0 unspecified atom stereocenters. The highest BCUT2D eigenvalue weighted by Crippen LogP contribution is 2.19. The topological polar surface area (TPSA) is 72.2 Å². The summed E-state index contributed by atoms with van der Waals surface area (Å²) in [5.74, 6) is 0. The fourth-order valence-electron chi connectivity index (χ4n) is 1.35. The van der Waals surface area contributed by atoms with E-state index in [1.165, 1.54) is 6.26 Å². The van der Waals surface area contributed by atoms with E-state index in [0.29, 0.717) is 11.4 Å². The molecule has 0 amide bonds. The summed E-state index contributed by atoms with van der Waals surface area (Å²) < 4.78 is 22.8. The first kappa shape index (κ1) is 13.0. The van der Waals surface area contributed by atoms with Gasteiger partial charge in [0.2, 0.25) is 0 Å². The zero-order valence-corrected chi connectivity index (χ0v) is 10.5. The molecule has 0 saturated carbocycles. The van der Waals surface area contributed by atoms with E-state index in [9.17, 15) is 8.42 Å². The fraction of sp³-hybridized carbons (Fsp3) is 0.455. The zero-order chi connectivity index (χ0) is 12.2. The Morgan fingerprint density at radius 3 is 2.62 bits per heavy atom. The van der Waals surface area contributed by atoms with Crippen molar-refractivity contribution in [1.82, 2.24) is 0 Å². The van der Waals surface area contributed by atoms with Crippen LogP contribution in [0.4, 0.5) is 5.69 Å². The summed E-state index contributed by atoms with van der Waals surface area (Å²) in [6.45, 7) is 3.32. The van der Waals surface area contributed by atoms with Crippen molar-refractivity contribution < 1.29 is 8.42 Å². The molecule has 5 heteroatoms. The number of hydrogen-bond acceptors (Lipinski definition) is 4. The molecule has 0 aliphatic rings. The fourth-order valence-corrected chi connectivity index (χ4v) is 1.99. The molecule has 1 rings (SSSR count). The normalized spacial score (nSPS) is 11.4. The summed E-state index contributed by atoms with van der Waals surface area (Å²) in [6, 6.07) is 5.10. The van der Waals surface area contributed by atoms with Gasteiger partial charge in [0.25, 0.3) is 0 Å². The molecule has 90 valence electrons. The van der Waals surface area contributed by atoms with E-state index < -0.39 is 9.84 Å². The van der Waals surface area contributed by atoms with Gasteiger partial charge in [-0.15, -0.1) is 0 Å². The van der Waals surface area contributed by atoms with Gasteiger partial charge in [-0.1, -0.05) is 6.07 Å². The maximum atomic E-state index is 11.4. The Balaban J connectivity index is 2.91. The Hall–Kier alpha value is -1.07. The number of nitrogens with one attached hydrogen (secondary N) is 1. The van der Waals surface area contributed by atoms with Gasteiger partial charge in [0, 0.05) is 18.5 Å². The molecule has 0 bridgehead atoms. The number of sulfone groups is 1. The van der Waals surface area contributed by atoms with E-state index in [4.69, 9.17) is 5.73 Å². The number of anilines is 1. The predicted octanol–water partition coefficient (Wildman–Crippen LogP) is 1.16. The molecule has 0 spiro atoms. The maximum Gasteiger partial charge on any atom is 0.175 e. The standard InChI is InChI=1S/C11H18N2O2S/c1-9-4-5-10(16(2,14)15)8-11(9)13-7-3-6-12/h4-5,8,13H,3,6-7,12H2,1-2H3. The lowest BCUT2D eigenvalue weighted by Crippen LogP contribution is -2.09. The van der Waals surface area contributed by atoms with Crippen LogP contribution in [0.2, 0.25) is 0 Å². The Bertz CT molecular complexity index is 455. The van der Waals surface area contributed by atoms with Crippen molar-refractivity contribution in [2.75, 3.05) is 24.7 Å².